The lowest BCUT2D eigenvalue weighted by Crippen LogP contribution is -2.11. The molecule has 0 bridgehead atoms. The van der Waals surface area contributed by atoms with Gasteiger partial charge >= 0.3 is 0 Å². The van der Waals surface area contributed by atoms with Crippen molar-refractivity contribution in [1.82, 2.24) is 4.98 Å². The van der Waals surface area contributed by atoms with E-state index in [1.54, 1.807) is 35.6 Å². The zero-order chi connectivity index (χ0) is 16.5. The predicted octanol–water partition coefficient (Wildman–Crippen LogP) is 5.59. The maximum absolute atomic E-state index is 12.3. The van der Waals surface area contributed by atoms with Crippen molar-refractivity contribution in [3.63, 3.8) is 0 Å². The summed E-state index contributed by atoms with van der Waals surface area (Å²) in [6.45, 7) is 0. The number of hydrogen-bond acceptors (Lipinski definition) is 3. The fourth-order valence-electron chi connectivity index (χ4n) is 2.47. The molecule has 3 aromatic rings. The average molecular weight is 355 g/mol. The van der Waals surface area contributed by atoms with Gasteiger partial charge in [-0.1, -0.05) is 23.7 Å². The normalized spacial score (nSPS) is 13.7. The minimum atomic E-state index is -0.138. The number of aromatic nitrogens is 1. The number of carbonyl (C=O) groups excluding carboxylic acids is 1. The van der Waals surface area contributed by atoms with Gasteiger partial charge in [0.15, 0.2) is 0 Å². The fraction of sp³-hybridized carbons (Fsp3) is 0.158. The Morgan fingerprint density at radius 1 is 1.08 bits per heavy atom. The van der Waals surface area contributed by atoms with Crippen molar-refractivity contribution in [2.75, 3.05) is 5.32 Å². The standard InChI is InChI=1S/C19H15ClN2OS/c20-15-7-9-16(10-8-15)21-18(23)13-3-1-12(2-4-13)17-11-24-19(22-17)14-5-6-14/h1-4,7-11,14H,5-6H2,(H,21,23). The first-order valence-corrected chi connectivity index (χ1v) is 9.07. The molecule has 1 aliphatic carbocycles. The summed E-state index contributed by atoms with van der Waals surface area (Å²) in [6, 6.07) is 14.6. The van der Waals surface area contributed by atoms with Gasteiger partial charge in [-0.3, -0.25) is 4.79 Å². The van der Waals surface area contributed by atoms with Gasteiger partial charge in [-0.05, 0) is 49.2 Å². The van der Waals surface area contributed by atoms with Crippen LogP contribution >= 0.6 is 22.9 Å². The Morgan fingerprint density at radius 3 is 2.46 bits per heavy atom. The van der Waals surface area contributed by atoms with Crippen LogP contribution in [0.25, 0.3) is 11.3 Å². The monoisotopic (exact) mass is 354 g/mol. The number of thiazole rings is 1. The molecule has 1 N–H and O–H groups in total. The van der Waals surface area contributed by atoms with E-state index >= 15 is 0 Å². The van der Waals surface area contributed by atoms with Crippen LogP contribution in [0.3, 0.4) is 0 Å². The van der Waals surface area contributed by atoms with Crippen molar-refractivity contribution in [2.45, 2.75) is 18.8 Å². The highest BCUT2D eigenvalue weighted by atomic mass is 35.5. The Labute approximate surface area is 149 Å². The van der Waals surface area contributed by atoms with Crippen LogP contribution < -0.4 is 5.32 Å². The highest BCUT2D eigenvalue weighted by Crippen LogP contribution is 2.42. The molecule has 1 saturated carbocycles. The van der Waals surface area contributed by atoms with Crippen LogP contribution in [0.1, 0.15) is 34.1 Å². The molecular formula is C19H15ClN2OS. The molecule has 1 fully saturated rings. The quantitative estimate of drug-likeness (QED) is 0.663. The summed E-state index contributed by atoms with van der Waals surface area (Å²) in [5.41, 5.74) is 3.38. The number of amides is 1. The van der Waals surface area contributed by atoms with Crippen LogP contribution in [0.15, 0.2) is 53.9 Å². The van der Waals surface area contributed by atoms with Crippen molar-refractivity contribution in [1.29, 1.82) is 0 Å². The molecule has 120 valence electrons. The first-order chi connectivity index (χ1) is 11.7. The summed E-state index contributed by atoms with van der Waals surface area (Å²) in [4.78, 5) is 17.0. The molecule has 0 aliphatic heterocycles. The van der Waals surface area contributed by atoms with Crippen molar-refractivity contribution < 1.29 is 4.79 Å². The van der Waals surface area contributed by atoms with Crippen LogP contribution in [0.2, 0.25) is 5.02 Å². The van der Waals surface area contributed by atoms with Crippen molar-refractivity contribution in [3.05, 3.63) is 69.5 Å². The Balaban J connectivity index is 1.47. The van der Waals surface area contributed by atoms with Gasteiger partial charge in [0.2, 0.25) is 0 Å². The van der Waals surface area contributed by atoms with E-state index in [0.29, 0.717) is 16.5 Å². The third-order valence-corrected chi connectivity index (χ3v) is 5.25. The van der Waals surface area contributed by atoms with E-state index in [1.165, 1.54) is 17.8 Å². The number of hydrogen-bond donors (Lipinski definition) is 1. The lowest BCUT2D eigenvalue weighted by atomic mass is 10.1. The Morgan fingerprint density at radius 2 is 1.79 bits per heavy atom. The van der Waals surface area contributed by atoms with E-state index in [9.17, 15) is 4.79 Å². The van der Waals surface area contributed by atoms with E-state index in [-0.39, 0.29) is 5.91 Å². The topological polar surface area (TPSA) is 42.0 Å². The maximum atomic E-state index is 12.3. The minimum absolute atomic E-state index is 0.138. The van der Waals surface area contributed by atoms with Gasteiger partial charge in [-0.25, -0.2) is 4.98 Å². The summed E-state index contributed by atoms with van der Waals surface area (Å²) in [7, 11) is 0. The van der Waals surface area contributed by atoms with Gasteiger partial charge < -0.3 is 5.32 Å². The van der Waals surface area contributed by atoms with E-state index in [1.807, 2.05) is 24.3 Å². The number of nitrogens with zero attached hydrogens (tertiary/aromatic N) is 1. The third kappa shape index (κ3) is 3.35. The molecule has 0 saturated heterocycles. The van der Waals surface area contributed by atoms with Gasteiger partial charge in [0.1, 0.15) is 0 Å². The fourth-order valence-corrected chi connectivity index (χ4v) is 3.59. The zero-order valence-corrected chi connectivity index (χ0v) is 14.4. The first kappa shape index (κ1) is 15.4. The molecule has 0 spiro atoms. The van der Waals surface area contributed by atoms with E-state index in [2.05, 4.69) is 10.7 Å². The summed E-state index contributed by atoms with van der Waals surface area (Å²) in [6.07, 6.45) is 2.52. The molecule has 4 rings (SSSR count). The number of halogens is 1. The molecule has 5 heteroatoms. The second-order valence-electron chi connectivity index (χ2n) is 5.88. The van der Waals surface area contributed by atoms with E-state index in [4.69, 9.17) is 16.6 Å². The maximum Gasteiger partial charge on any atom is 0.255 e. The molecule has 3 nitrogen and oxygen atoms in total. The van der Waals surface area contributed by atoms with Crippen molar-refractivity contribution in [3.8, 4) is 11.3 Å². The molecule has 1 aliphatic rings. The largest absolute Gasteiger partial charge is 0.322 e. The summed E-state index contributed by atoms with van der Waals surface area (Å²) < 4.78 is 0. The van der Waals surface area contributed by atoms with Gasteiger partial charge in [0.05, 0.1) is 10.7 Å². The van der Waals surface area contributed by atoms with E-state index < -0.39 is 0 Å². The van der Waals surface area contributed by atoms with Gasteiger partial charge in [-0.2, -0.15) is 0 Å². The van der Waals surface area contributed by atoms with Gasteiger partial charge in [0, 0.05) is 33.1 Å². The number of rotatable bonds is 4. The summed E-state index contributed by atoms with van der Waals surface area (Å²) >= 11 is 7.58. The molecule has 0 radical (unpaired) electrons. The Hall–Kier alpha value is -2.17. The summed E-state index contributed by atoms with van der Waals surface area (Å²) in [5.74, 6) is 0.536. The lowest BCUT2D eigenvalue weighted by Gasteiger charge is -2.06. The smallest absolute Gasteiger partial charge is 0.255 e. The average Bonchev–Trinajstić information content (AvgIpc) is 3.34. The number of carbonyl (C=O) groups is 1. The van der Waals surface area contributed by atoms with Gasteiger partial charge in [0.25, 0.3) is 5.91 Å². The van der Waals surface area contributed by atoms with Crippen molar-refractivity contribution in [2.24, 2.45) is 0 Å². The van der Waals surface area contributed by atoms with Crippen LogP contribution in [-0.4, -0.2) is 10.9 Å². The van der Waals surface area contributed by atoms with Crippen LogP contribution in [-0.2, 0) is 0 Å². The molecule has 24 heavy (non-hydrogen) atoms. The molecule has 0 atom stereocenters. The Bertz CT molecular complexity index is 867. The van der Waals surface area contributed by atoms with Gasteiger partial charge in [-0.15, -0.1) is 11.3 Å². The molecule has 1 aromatic heterocycles. The van der Waals surface area contributed by atoms with Crippen LogP contribution in [0.4, 0.5) is 5.69 Å². The van der Waals surface area contributed by atoms with Crippen LogP contribution in [0, 0.1) is 0 Å². The molecule has 1 amide bonds. The highest BCUT2D eigenvalue weighted by molar-refractivity contribution is 7.10. The molecule has 0 unspecified atom stereocenters. The van der Waals surface area contributed by atoms with Crippen molar-refractivity contribution >= 4 is 34.5 Å². The molecule has 2 aromatic carbocycles. The zero-order valence-electron chi connectivity index (χ0n) is 12.8. The molecular weight excluding hydrogens is 340 g/mol. The predicted molar refractivity (Wildman–Crippen MR) is 98.9 cm³/mol. The second-order valence-corrected chi connectivity index (χ2v) is 7.21. The second kappa shape index (κ2) is 6.38. The summed E-state index contributed by atoms with van der Waals surface area (Å²) in [5, 5.41) is 6.83. The number of benzene rings is 2. The van der Waals surface area contributed by atoms with E-state index in [0.717, 1.165) is 16.9 Å². The first-order valence-electron chi connectivity index (χ1n) is 7.82. The molecule has 1 heterocycles. The Kier molecular flexibility index (Phi) is 4.08. The number of anilines is 1. The third-order valence-electron chi connectivity index (χ3n) is 3.99. The minimum Gasteiger partial charge on any atom is -0.322 e. The highest BCUT2D eigenvalue weighted by Gasteiger charge is 2.26. The number of nitrogens with one attached hydrogen (secondary N) is 1. The SMILES string of the molecule is O=C(Nc1ccc(Cl)cc1)c1ccc(-c2csc(C3CC3)n2)cc1. The lowest BCUT2D eigenvalue weighted by molar-refractivity contribution is 0.102. The van der Waals surface area contributed by atoms with Crippen LogP contribution in [0.5, 0.6) is 0 Å².